The van der Waals surface area contributed by atoms with E-state index in [-0.39, 0.29) is 12.1 Å². The summed E-state index contributed by atoms with van der Waals surface area (Å²) < 4.78 is 5.55. The quantitative estimate of drug-likeness (QED) is 0.857. The van der Waals surface area contributed by atoms with E-state index < -0.39 is 5.60 Å². The molecule has 0 aromatic heterocycles. The third-order valence-corrected chi connectivity index (χ3v) is 4.37. The van der Waals surface area contributed by atoms with Gasteiger partial charge in [0.2, 0.25) is 0 Å². The Labute approximate surface area is 115 Å². The lowest BCUT2D eigenvalue weighted by Gasteiger charge is -2.45. The van der Waals surface area contributed by atoms with E-state index in [1.54, 1.807) is 0 Å². The van der Waals surface area contributed by atoms with E-state index in [1.165, 1.54) is 5.56 Å². The van der Waals surface area contributed by atoms with Gasteiger partial charge < -0.3 is 15.2 Å². The highest BCUT2D eigenvalue weighted by atomic mass is 16.5. The number of piperidine rings is 1. The second kappa shape index (κ2) is 4.89. The van der Waals surface area contributed by atoms with Crippen LogP contribution in [0.2, 0.25) is 0 Å². The van der Waals surface area contributed by atoms with Crippen molar-refractivity contribution < 1.29 is 9.84 Å². The molecule has 2 aliphatic rings. The van der Waals surface area contributed by atoms with E-state index in [0.717, 1.165) is 18.4 Å². The maximum absolute atomic E-state index is 11.1. The lowest BCUT2D eigenvalue weighted by Crippen LogP contribution is -2.58. The molecule has 0 radical (unpaired) electrons. The molecule has 3 nitrogen and oxygen atoms in total. The number of rotatable bonds is 2. The number of morpholine rings is 1. The molecule has 19 heavy (non-hydrogen) atoms. The van der Waals surface area contributed by atoms with E-state index in [1.807, 2.05) is 0 Å². The summed E-state index contributed by atoms with van der Waals surface area (Å²) in [6, 6.07) is 9.00. The minimum absolute atomic E-state index is 0.278. The number of nitrogens with one attached hydrogen (secondary N) is 1. The van der Waals surface area contributed by atoms with Crippen LogP contribution in [0.3, 0.4) is 0 Å². The van der Waals surface area contributed by atoms with E-state index in [0.29, 0.717) is 19.1 Å². The molecule has 2 saturated heterocycles. The predicted molar refractivity (Wildman–Crippen MR) is 75.2 cm³/mol. The Morgan fingerprint density at radius 1 is 1.26 bits per heavy atom. The van der Waals surface area contributed by atoms with Crippen molar-refractivity contribution >= 4 is 0 Å². The van der Waals surface area contributed by atoms with Crippen LogP contribution in [0.4, 0.5) is 0 Å². The fraction of sp³-hybridized carbons (Fsp3) is 0.625. The Balaban J connectivity index is 1.89. The average molecular weight is 261 g/mol. The fourth-order valence-corrected chi connectivity index (χ4v) is 3.34. The minimum Gasteiger partial charge on any atom is -0.385 e. The van der Waals surface area contributed by atoms with Crippen LogP contribution in [0, 0.1) is 0 Å². The number of hydrogen-bond donors (Lipinski definition) is 2. The van der Waals surface area contributed by atoms with Crippen molar-refractivity contribution in [1.29, 1.82) is 0 Å². The Morgan fingerprint density at radius 2 is 1.95 bits per heavy atom. The smallest absolute Gasteiger partial charge is 0.0928 e. The highest BCUT2D eigenvalue weighted by Crippen LogP contribution is 2.37. The number of aliphatic hydroxyl groups is 1. The molecule has 2 atom stereocenters. The van der Waals surface area contributed by atoms with Gasteiger partial charge in [0, 0.05) is 12.1 Å². The summed E-state index contributed by atoms with van der Waals surface area (Å²) in [5.41, 5.74) is 1.66. The molecule has 0 aliphatic carbocycles. The van der Waals surface area contributed by atoms with Crippen molar-refractivity contribution in [2.45, 2.75) is 50.3 Å². The molecule has 3 rings (SSSR count). The highest BCUT2D eigenvalue weighted by Gasteiger charge is 2.42. The summed E-state index contributed by atoms with van der Waals surface area (Å²) in [5.74, 6) is 0.494. The molecule has 104 valence electrons. The molecule has 2 heterocycles. The third-order valence-electron chi connectivity index (χ3n) is 4.37. The van der Waals surface area contributed by atoms with Crippen molar-refractivity contribution in [3.05, 3.63) is 35.4 Å². The lowest BCUT2D eigenvalue weighted by atomic mass is 9.77. The topological polar surface area (TPSA) is 41.5 Å². The summed E-state index contributed by atoms with van der Waals surface area (Å²) in [6.45, 7) is 5.80. The SMILES string of the molecule is CC(C)c1cccc(C2(O)CC3COCC(C2)N3)c1. The van der Waals surface area contributed by atoms with Crippen LogP contribution >= 0.6 is 0 Å². The lowest BCUT2D eigenvalue weighted by molar-refractivity contribution is -0.0802. The van der Waals surface area contributed by atoms with Crippen LogP contribution in [-0.4, -0.2) is 30.4 Å². The monoisotopic (exact) mass is 261 g/mol. The van der Waals surface area contributed by atoms with Crippen LogP contribution in [0.5, 0.6) is 0 Å². The average Bonchev–Trinajstić information content (AvgIpc) is 2.38. The second-order valence-corrected chi connectivity index (χ2v) is 6.32. The van der Waals surface area contributed by atoms with Gasteiger partial charge in [0.15, 0.2) is 0 Å². The molecule has 1 aromatic carbocycles. The normalized spacial score (nSPS) is 34.5. The Morgan fingerprint density at radius 3 is 2.58 bits per heavy atom. The molecule has 0 amide bonds. The number of benzene rings is 1. The second-order valence-electron chi connectivity index (χ2n) is 6.32. The van der Waals surface area contributed by atoms with E-state index in [9.17, 15) is 5.11 Å². The minimum atomic E-state index is -0.699. The molecular weight excluding hydrogens is 238 g/mol. The van der Waals surface area contributed by atoms with Crippen molar-refractivity contribution in [1.82, 2.24) is 5.32 Å². The predicted octanol–water partition coefficient (Wildman–Crippen LogP) is 2.15. The summed E-state index contributed by atoms with van der Waals surface area (Å²) in [5, 5.41) is 14.6. The van der Waals surface area contributed by atoms with Gasteiger partial charge in [-0.15, -0.1) is 0 Å². The first kappa shape index (κ1) is 13.1. The zero-order chi connectivity index (χ0) is 13.5. The van der Waals surface area contributed by atoms with Crippen LogP contribution in [-0.2, 0) is 10.3 Å². The number of ether oxygens (including phenoxy) is 1. The Bertz CT molecular complexity index is 446. The molecule has 2 bridgehead atoms. The van der Waals surface area contributed by atoms with Gasteiger partial charge in [-0.25, -0.2) is 0 Å². The van der Waals surface area contributed by atoms with Gasteiger partial charge in [-0.2, -0.15) is 0 Å². The maximum atomic E-state index is 11.1. The standard InChI is InChI=1S/C16H23NO2/c1-11(2)12-4-3-5-13(6-12)16(18)7-14-9-19-10-15(8-16)17-14/h3-6,11,14-15,17-18H,7-10H2,1-2H3. The molecule has 1 aromatic rings. The van der Waals surface area contributed by atoms with E-state index in [4.69, 9.17) is 4.74 Å². The van der Waals surface area contributed by atoms with Gasteiger partial charge in [0.1, 0.15) is 0 Å². The van der Waals surface area contributed by atoms with Crippen molar-refractivity contribution in [3.63, 3.8) is 0 Å². The zero-order valence-electron chi connectivity index (χ0n) is 11.7. The molecule has 2 fully saturated rings. The highest BCUT2D eigenvalue weighted by molar-refractivity contribution is 5.31. The van der Waals surface area contributed by atoms with E-state index >= 15 is 0 Å². The van der Waals surface area contributed by atoms with Crippen LogP contribution in [0.15, 0.2) is 24.3 Å². The van der Waals surface area contributed by atoms with E-state index in [2.05, 4.69) is 43.4 Å². The first-order valence-corrected chi connectivity index (χ1v) is 7.23. The van der Waals surface area contributed by atoms with Gasteiger partial charge in [-0.1, -0.05) is 38.1 Å². The molecule has 0 saturated carbocycles. The maximum Gasteiger partial charge on any atom is 0.0928 e. The summed E-state index contributed by atoms with van der Waals surface area (Å²) in [4.78, 5) is 0. The Kier molecular flexibility index (Phi) is 3.37. The summed E-state index contributed by atoms with van der Waals surface area (Å²) >= 11 is 0. The van der Waals surface area contributed by atoms with Gasteiger partial charge in [0.25, 0.3) is 0 Å². The summed E-state index contributed by atoms with van der Waals surface area (Å²) in [6.07, 6.45) is 1.48. The molecule has 2 aliphatic heterocycles. The van der Waals surface area contributed by atoms with Crippen molar-refractivity contribution in [3.8, 4) is 0 Å². The molecule has 0 spiro atoms. The molecule has 2 N–H and O–H groups in total. The first-order chi connectivity index (χ1) is 9.07. The van der Waals surface area contributed by atoms with Gasteiger partial charge in [-0.05, 0) is 29.9 Å². The van der Waals surface area contributed by atoms with Crippen LogP contribution < -0.4 is 5.32 Å². The molecule has 2 unspecified atom stereocenters. The fourth-order valence-electron chi connectivity index (χ4n) is 3.34. The van der Waals surface area contributed by atoms with Crippen molar-refractivity contribution in [2.24, 2.45) is 0 Å². The van der Waals surface area contributed by atoms with Gasteiger partial charge in [-0.3, -0.25) is 0 Å². The largest absolute Gasteiger partial charge is 0.385 e. The number of hydrogen-bond acceptors (Lipinski definition) is 3. The molecule has 3 heteroatoms. The Hall–Kier alpha value is -0.900. The summed E-state index contributed by atoms with van der Waals surface area (Å²) in [7, 11) is 0. The number of fused-ring (bicyclic) bond motifs is 2. The van der Waals surface area contributed by atoms with Gasteiger partial charge in [0.05, 0.1) is 18.8 Å². The van der Waals surface area contributed by atoms with Crippen LogP contribution in [0.25, 0.3) is 0 Å². The van der Waals surface area contributed by atoms with Gasteiger partial charge >= 0.3 is 0 Å². The molecular formula is C16H23NO2. The van der Waals surface area contributed by atoms with Crippen LogP contribution in [0.1, 0.15) is 43.7 Å². The zero-order valence-corrected chi connectivity index (χ0v) is 11.7. The van der Waals surface area contributed by atoms with Crippen molar-refractivity contribution in [2.75, 3.05) is 13.2 Å². The first-order valence-electron chi connectivity index (χ1n) is 7.23. The third kappa shape index (κ3) is 2.55.